The molecule has 3 unspecified atom stereocenters. The fourth-order valence-corrected chi connectivity index (χ4v) is 5.81. The topological polar surface area (TPSA) is 146 Å². The maximum absolute atomic E-state index is 15.5. The molecule has 49 heavy (non-hydrogen) atoms. The molecular formula is C35H45F4N7O3. The number of rotatable bonds is 17. The lowest BCUT2D eigenvalue weighted by molar-refractivity contribution is -0.275. The van der Waals surface area contributed by atoms with Crippen LogP contribution in [0.5, 0.6) is 5.75 Å². The minimum absolute atomic E-state index is 0.108. The van der Waals surface area contributed by atoms with Gasteiger partial charge in [0, 0.05) is 36.3 Å². The Morgan fingerprint density at radius 2 is 1.88 bits per heavy atom. The molecule has 2 aromatic heterocycles. The molecule has 0 radical (unpaired) electrons. The van der Waals surface area contributed by atoms with Crippen LogP contribution in [-0.2, 0) is 11.2 Å². The normalized spacial score (nSPS) is 14.3. The number of aliphatic imine (C=N–C) groups is 1. The molecule has 266 valence electrons. The second kappa shape index (κ2) is 16.9. The lowest BCUT2D eigenvalue weighted by Gasteiger charge is -2.20. The van der Waals surface area contributed by atoms with Crippen LogP contribution in [0.4, 0.5) is 17.6 Å². The first-order valence-corrected chi connectivity index (χ1v) is 16.4. The summed E-state index contributed by atoms with van der Waals surface area (Å²) in [5.41, 5.74) is 13.3. The van der Waals surface area contributed by atoms with Gasteiger partial charge in [-0.1, -0.05) is 25.5 Å². The summed E-state index contributed by atoms with van der Waals surface area (Å²) in [7, 11) is 1.53. The van der Waals surface area contributed by atoms with Crippen LogP contribution in [0.1, 0.15) is 70.0 Å². The maximum atomic E-state index is 15.5. The molecule has 3 atom stereocenters. The number of benzene rings is 2. The van der Waals surface area contributed by atoms with E-state index in [1.807, 2.05) is 31.2 Å². The van der Waals surface area contributed by atoms with Gasteiger partial charge in [-0.3, -0.25) is 9.56 Å². The molecule has 0 aliphatic carbocycles. The summed E-state index contributed by atoms with van der Waals surface area (Å²) in [5.74, 6) is -1.58. The van der Waals surface area contributed by atoms with Gasteiger partial charge >= 0.3 is 12.1 Å². The maximum Gasteiger partial charge on any atom is 0.573 e. The smallest absolute Gasteiger partial charge is 0.403 e. The third-order valence-corrected chi connectivity index (χ3v) is 8.07. The summed E-state index contributed by atoms with van der Waals surface area (Å²) in [6.45, 7) is 7.01. The first-order chi connectivity index (χ1) is 23.3. The molecule has 0 spiro atoms. The second-order valence-electron chi connectivity index (χ2n) is 12.3. The zero-order chi connectivity index (χ0) is 35.7. The van der Waals surface area contributed by atoms with Crippen molar-refractivity contribution in [3.8, 4) is 22.7 Å². The van der Waals surface area contributed by atoms with E-state index in [0.717, 1.165) is 37.4 Å². The molecule has 0 amide bonds. The Labute approximate surface area is 282 Å². The Bertz CT molecular complexity index is 1770. The minimum atomic E-state index is -5.10. The number of aryl methyl sites for hydroxylation is 1. The van der Waals surface area contributed by atoms with Gasteiger partial charge in [0.25, 0.3) is 0 Å². The lowest BCUT2D eigenvalue weighted by Crippen LogP contribution is -2.25. The molecule has 4 rings (SSSR count). The lowest BCUT2D eigenvalue weighted by atomic mass is 10.0. The van der Waals surface area contributed by atoms with Crippen LogP contribution in [0.3, 0.4) is 0 Å². The molecule has 2 aromatic carbocycles. The highest BCUT2D eigenvalue weighted by Crippen LogP contribution is 2.35. The number of hydrogen-bond donors (Lipinski definition) is 4. The molecule has 0 fully saturated rings. The summed E-state index contributed by atoms with van der Waals surface area (Å²) in [5, 5.41) is 4.05. The number of fused-ring (bicyclic) bond motifs is 1. The van der Waals surface area contributed by atoms with E-state index >= 15 is 4.39 Å². The van der Waals surface area contributed by atoms with Crippen LogP contribution in [0.25, 0.3) is 28.0 Å². The second-order valence-corrected chi connectivity index (χ2v) is 12.3. The summed E-state index contributed by atoms with van der Waals surface area (Å²) in [6.07, 6.45) is 0.610. The molecule has 0 bridgehead atoms. The summed E-state index contributed by atoms with van der Waals surface area (Å²) in [4.78, 5) is 24.5. The number of nitrogens with two attached hydrogens (primary N) is 2. The van der Waals surface area contributed by atoms with E-state index in [4.69, 9.17) is 16.2 Å². The van der Waals surface area contributed by atoms with E-state index in [2.05, 4.69) is 31.9 Å². The number of halogens is 4. The quantitative estimate of drug-likeness (QED) is 0.0579. The van der Waals surface area contributed by atoms with E-state index in [1.54, 1.807) is 19.2 Å². The van der Waals surface area contributed by atoms with Gasteiger partial charge in [-0.2, -0.15) is 4.98 Å². The van der Waals surface area contributed by atoms with Crippen LogP contribution < -0.4 is 27.2 Å². The molecule has 10 nitrogen and oxygen atoms in total. The van der Waals surface area contributed by atoms with E-state index in [0.29, 0.717) is 48.3 Å². The molecule has 0 aliphatic rings. The number of amidine groups is 1. The summed E-state index contributed by atoms with van der Waals surface area (Å²) in [6, 6.07) is 11.6. The van der Waals surface area contributed by atoms with Gasteiger partial charge in [-0.25, -0.2) is 9.18 Å². The van der Waals surface area contributed by atoms with Gasteiger partial charge in [0.05, 0.1) is 29.9 Å². The highest BCUT2D eigenvalue weighted by molar-refractivity contribution is 5.83. The molecule has 0 aliphatic heterocycles. The van der Waals surface area contributed by atoms with E-state index in [1.165, 1.54) is 17.7 Å². The Morgan fingerprint density at radius 3 is 2.53 bits per heavy atom. The number of alkyl halides is 3. The number of hydrogen-bond acceptors (Lipinski definition) is 7. The average Bonchev–Trinajstić information content (AvgIpc) is 3.43. The minimum Gasteiger partial charge on any atom is -0.403 e. The number of nitrogens with zero attached hydrogens (tertiary/aromatic N) is 3. The van der Waals surface area contributed by atoms with Crippen LogP contribution in [0.2, 0.25) is 0 Å². The first-order valence-electron chi connectivity index (χ1n) is 16.4. The van der Waals surface area contributed by atoms with Crippen molar-refractivity contribution >= 4 is 16.9 Å². The van der Waals surface area contributed by atoms with Gasteiger partial charge in [-0.05, 0) is 94.0 Å². The van der Waals surface area contributed by atoms with Crippen LogP contribution in [0.15, 0.2) is 58.4 Å². The molecular weight excluding hydrogens is 642 g/mol. The van der Waals surface area contributed by atoms with Gasteiger partial charge in [0.2, 0.25) is 0 Å². The number of ether oxygens (including phenoxy) is 2. The standard InChI is InChI=1S/C35H45F4N7O3/c1-5-7-29(42-15-14-21(2)43-22(3)40)24-10-12-27(13-11-24)46-19-25-18-30(44-33(25)45-34(46)47)28-16-23(8-6-9-26(41)20-48-4)17-31(32(28)36)49-35(37,38)39/h10-13,16-19,21,26,29,42H,5-9,14-15,20,41H2,1-4H3,(H2,40,43)(H,44,45,47). The Kier molecular flexibility index (Phi) is 13.0. The van der Waals surface area contributed by atoms with Crippen molar-refractivity contribution in [2.75, 3.05) is 20.3 Å². The Morgan fingerprint density at radius 1 is 1.14 bits per heavy atom. The molecule has 0 saturated carbocycles. The number of H-pyrrole nitrogens is 1. The molecule has 14 heteroatoms. The van der Waals surface area contributed by atoms with Crippen molar-refractivity contribution in [1.29, 1.82) is 0 Å². The van der Waals surface area contributed by atoms with Crippen molar-refractivity contribution in [1.82, 2.24) is 19.9 Å². The van der Waals surface area contributed by atoms with Crippen LogP contribution in [0, 0.1) is 5.82 Å². The number of aromatic amines is 1. The monoisotopic (exact) mass is 687 g/mol. The van der Waals surface area contributed by atoms with Gasteiger partial charge < -0.3 is 31.2 Å². The zero-order valence-electron chi connectivity index (χ0n) is 28.2. The van der Waals surface area contributed by atoms with Crippen LogP contribution >= 0.6 is 0 Å². The summed E-state index contributed by atoms with van der Waals surface area (Å²) < 4.78 is 65.5. The molecule has 2 heterocycles. The summed E-state index contributed by atoms with van der Waals surface area (Å²) >= 11 is 0. The number of aromatic nitrogens is 3. The van der Waals surface area contributed by atoms with Crippen molar-refractivity contribution < 1.29 is 27.0 Å². The fourth-order valence-electron chi connectivity index (χ4n) is 5.81. The third kappa shape index (κ3) is 10.6. The molecule has 0 saturated heterocycles. The Hall–Kier alpha value is -4.27. The van der Waals surface area contributed by atoms with Crippen molar-refractivity contribution in [2.24, 2.45) is 16.5 Å². The number of methoxy groups -OCH3 is 1. The predicted molar refractivity (Wildman–Crippen MR) is 184 cm³/mol. The van der Waals surface area contributed by atoms with E-state index in [9.17, 15) is 18.0 Å². The molecule has 4 aromatic rings. The average molecular weight is 688 g/mol. The van der Waals surface area contributed by atoms with Crippen molar-refractivity contribution in [2.45, 2.75) is 83.8 Å². The SMILES string of the molecule is CCCC(NCCC(C)N=C(C)N)c1ccc(-n2cc3cc(-c4cc(CCCC(N)COC)cc(OC(F)(F)F)c4F)[nH]c3nc2=O)cc1. The van der Waals surface area contributed by atoms with Gasteiger partial charge in [-0.15, -0.1) is 13.2 Å². The largest absolute Gasteiger partial charge is 0.573 e. The highest BCUT2D eigenvalue weighted by Gasteiger charge is 2.33. The molecule has 6 N–H and O–H groups in total. The van der Waals surface area contributed by atoms with Gasteiger partial charge in [0.1, 0.15) is 5.65 Å². The fraction of sp³-hybridized carbons (Fsp3) is 0.457. The van der Waals surface area contributed by atoms with E-state index in [-0.39, 0.29) is 35.0 Å². The predicted octanol–water partition coefficient (Wildman–Crippen LogP) is 6.30. The van der Waals surface area contributed by atoms with Crippen molar-refractivity contribution in [3.05, 3.63) is 76.1 Å². The highest BCUT2D eigenvalue weighted by atomic mass is 19.4. The third-order valence-electron chi connectivity index (χ3n) is 8.07. The zero-order valence-corrected chi connectivity index (χ0v) is 28.2. The van der Waals surface area contributed by atoms with Gasteiger partial charge in [0.15, 0.2) is 11.6 Å². The van der Waals surface area contributed by atoms with Crippen molar-refractivity contribution in [3.63, 3.8) is 0 Å². The first kappa shape index (κ1) is 37.5. The van der Waals surface area contributed by atoms with E-state index < -0.39 is 23.6 Å². The number of nitrogens with one attached hydrogen (secondary N) is 2. The Balaban J connectivity index is 1.60. The van der Waals surface area contributed by atoms with Crippen LogP contribution in [-0.4, -0.2) is 59.1 Å².